The van der Waals surface area contributed by atoms with Crippen LogP contribution in [-0.2, 0) is 19.5 Å². The van der Waals surface area contributed by atoms with E-state index < -0.39 is 0 Å². The maximum Gasteiger partial charge on any atom is 0.220 e. The van der Waals surface area contributed by atoms with Crippen LogP contribution in [0.2, 0.25) is 0 Å². The topological polar surface area (TPSA) is 66.5 Å². The van der Waals surface area contributed by atoms with Gasteiger partial charge in [0.1, 0.15) is 12.4 Å². The van der Waals surface area contributed by atoms with Crippen molar-refractivity contribution in [1.82, 2.24) is 19.3 Å². The first kappa shape index (κ1) is 14.7. The minimum absolute atomic E-state index is 0.646. The van der Waals surface area contributed by atoms with Gasteiger partial charge in [-0.1, -0.05) is 6.07 Å². The Hall–Kier alpha value is -2.91. The van der Waals surface area contributed by atoms with Gasteiger partial charge >= 0.3 is 0 Å². The van der Waals surface area contributed by atoms with Crippen molar-refractivity contribution < 1.29 is 4.74 Å². The maximum atomic E-state index is 9.55. The van der Waals surface area contributed by atoms with Gasteiger partial charge in [-0.3, -0.25) is 4.90 Å². The number of methoxy groups -OCH3 is 1. The Morgan fingerprint density at radius 2 is 2.25 bits per heavy atom. The Bertz CT molecular complexity index is 926. The maximum absolute atomic E-state index is 9.55. The number of hydrogen-bond acceptors (Lipinski definition) is 5. The summed E-state index contributed by atoms with van der Waals surface area (Å²) in [5.74, 6) is 0.646. The second kappa shape index (κ2) is 5.95. The molecule has 0 aromatic carbocycles. The number of fused-ring (bicyclic) bond motifs is 2. The molecule has 0 N–H and O–H groups in total. The summed E-state index contributed by atoms with van der Waals surface area (Å²) in [6, 6.07) is 8.26. The first-order valence-corrected chi connectivity index (χ1v) is 7.88. The van der Waals surface area contributed by atoms with E-state index in [1.165, 1.54) is 0 Å². The lowest BCUT2D eigenvalue weighted by atomic mass is 10.1. The first-order chi connectivity index (χ1) is 11.8. The minimum atomic E-state index is 0.646. The van der Waals surface area contributed by atoms with E-state index in [4.69, 9.17) is 4.74 Å². The number of aromatic nitrogens is 3. The predicted octanol–water partition coefficient (Wildman–Crippen LogP) is 2.17. The van der Waals surface area contributed by atoms with E-state index >= 15 is 0 Å². The van der Waals surface area contributed by atoms with E-state index in [0.29, 0.717) is 5.88 Å². The van der Waals surface area contributed by atoms with E-state index in [0.717, 1.165) is 54.0 Å². The van der Waals surface area contributed by atoms with Gasteiger partial charge in [-0.25, -0.2) is 9.97 Å². The van der Waals surface area contributed by atoms with Gasteiger partial charge in [0, 0.05) is 49.6 Å². The molecule has 4 heterocycles. The smallest absolute Gasteiger partial charge is 0.220 e. The van der Waals surface area contributed by atoms with Crippen molar-refractivity contribution in [2.75, 3.05) is 13.7 Å². The zero-order valence-electron chi connectivity index (χ0n) is 13.4. The van der Waals surface area contributed by atoms with Crippen LogP contribution in [0.3, 0.4) is 0 Å². The van der Waals surface area contributed by atoms with E-state index in [-0.39, 0.29) is 0 Å². The third-order valence-electron chi connectivity index (χ3n) is 4.50. The van der Waals surface area contributed by atoms with E-state index in [1.807, 2.05) is 35.0 Å². The number of hydrogen-bond donors (Lipinski definition) is 0. The summed E-state index contributed by atoms with van der Waals surface area (Å²) in [7, 11) is 1.63. The molecule has 3 aromatic heterocycles. The highest BCUT2D eigenvalue weighted by molar-refractivity contribution is 5.65. The zero-order chi connectivity index (χ0) is 16.5. The van der Waals surface area contributed by atoms with Crippen molar-refractivity contribution >= 4 is 5.52 Å². The molecule has 6 nitrogen and oxygen atoms in total. The summed E-state index contributed by atoms with van der Waals surface area (Å²) in [5, 5.41) is 9.55. The molecule has 0 amide bonds. The van der Waals surface area contributed by atoms with E-state index in [9.17, 15) is 5.26 Å². The Morgan fingerprint density at radius 1 is 1.33 bits per heavy atom. The Kier molecular flexibility index (Phi) is 3.63. The van der Waals surface area contributed by atoms with Crippen LogP contribution in [0.4, 0.5) is 0 Å². The molecular weight excluding hydrogens is 302 g/mol. The van der Waals surface area contributed by atoms with Crippen molar-refractivity contribution in [3.8, 4) is 11.9 Å². The summed E-state index contributed by atoms with van der Waals surface area (Å²) in [6.07, 6.45) is 6.44. The van der Waals surface area contributed by atoms with Crippen LogP contribution in [-0.4, -0.2) is 32.9 Å². The number of rotatable bonds is 3. The highest BCUT2D eigenvalue weighted by atomic mass is 16.5. The molecule has 120 valence electrons. The lowest BCUT2D eigenvalue weighted by Crippen LogP contribution is -2.31. The lowest BCUT2D eigenvalue weighted by Gasteiger charge is -2.28. The van der Waals surface area contributed by atoms with Gasteiger partial charge in [0.2, 0.25) is 5.88 Å². The number of nitrogens with zero attached hydrogens (tertiary/aromatic N) is 5. The molecule has 0 spiro atoms. The summed E-state index contributed by atoms with van der Waals surface area (Å²) in [5.41, 5.74) is 4.85. The normalized spacial score (nSPS) is 14.3. The molecule has 1 aliphatic heterocycles. The monoisotopic (exact) mass is 319 g/mol. The van der Waals surface area contributed by atoms with Crippen molar-refractivity contribution in [2.45, 2.75) is 19.5 Å². The highest BCUT2D eigenvalue weighted by Crippen LogP contribution is 2.27. The van der Waals surface area contributed by atoms with Crippen LogP contribution < -0.4 is 4.74 Å². The third-order valence-corrected chi connectivity index (χ3v) is 4.50. The standard InChI is InChI=1S/C18H17N5O/c1-24-18-15-11-22(7-5-16(15)20-12-21-18)9-13-10-23-6-3-2-4-17(23)14(13)8-19/h2-4,6,10,12H,5,7,9,11H2,1H3. The first-order valence-electron chi connectivity index (χ1n) is 7.88. The molecule has 0 fully saturated rings. The molecule has 0 unspecified atom stereocenters. The number of pyridine rings is 1. The molecule has 4 rings (SSSR count). The van der Waals surface area contributed by atoms with Crippen LogP contribution in [0.15, 0.2) is 36.9 Å². The van der Waals surface area contributed by atoms with Crippen LogP contribution in [0, 0.1) is 11.3 Å². The molecule has 1 aliphatic rings. The van der Waals surface area contributed by atoms with Gasteiger partial charge in [0.05, 0.1) is 23.9 Å². The average molecular weight is 319 g/mol. The van der Waals surface area contributed by atoms with Gasteiger partial charge in [-0.05, 0) is 12.1 Å². The van der Waals surface area contributed by atoms with E-state index in [1.54, 1.807) is 13.4 Å². The molecule has 0 saturated heterocycles. The Morgan fingerprint density at radius 3 is 3.08 bits per heavy atom. The molecule has 0 radical (unpaired) electrons. The van der Waals surface area contributed by atoms with Crippen molar-refractivity contribution in [3.63, 3.8) is 0 Å². The van der Waals surface area contributed by atoms with Crippen LogP contribution in [0.25, 0.3) is 5.52 Å². The summed E-state index contributed by atoms with van der Waals surface area (Å²) >= 11 is 0. The molecule has 0 atom stereocenters. The molecule has 6 heteroatoms. The number of ether oxygens (including phenoxy) is 1. The molecular formula is C18H17N5O. The highest BCUT2D eigenvalue weighted by Gasteiger charge is 2.23. The van der Waals surface area contributed by atoms with Crippen LogP contribution in [0.5, 0.6) is 5.88 Å². The molecule has 0 bridgehead atoms. The van der Waals surface area contributed by atoms with Crippen LogP contribution >= 0.6 is 0 Å². The molecule has 3 aromatic rings. The summed E-state index contributed by atoms with van der Waals surface area (Å²) in [4.78, 5) is 10.9. The Balaban J connectivity index is 1.64. The fourth-order valence-corrected chi connectivity index (χ4v) is 3.35. The van der Waals surface area contributed by atoms with Gasteiger partial charge in [-0.2, -0.15) is 5.26 Å². The average Bonchev–Trinajstić information content (AvgIpc) is 2.98. The summed E-state index contributed by atoms with van der Waals surface area (Å²) in [6.45, 7) is 2.36. The predicted molar refractivity (Wildman–Crippen MR) is 88.5 cm³/mol. The van der Waals surface area contributed by atoms with Gasteiger partial charge in [0.25, 0.3) is 0 Å². The van der Waals surface area contributed by atoms with Crippen LogP contribution in [0.1, 0.15) is 22.4 Å². The van der Waals surface area contributed by atoms with Crippen molar-refractivity contribution in [3.05, 3.63) is 59.3 Å². The Labute approximate surface area is 139 Å². The SMILES string of the molecule is COc1ncnc2c1CN(Cc1cn3ccccc3c1C#N)CC2. The molecule has 0 saturated carbocycles. The fraction of sp³-hybridized carbons (Fsp3) is 0.278. The van der Waals surface area contributed by atoms with Gasteiger partial charge in [-0.15, -0.1) is 0 Å². The molecule has 0 aliphatic carbocycles. The second-order valence-electron chi connectivity index (χ2n) is 5.90. The van der Waals surface area contributed by atoms with Crippen molar-refractivity contribution in [1.29, 1.82) is 5.26 Å². The second-order valence-corrected chi connectivity index (χ2v) is 5.90. The minimum Gasteiger partial charge on any atom is -0.481 e. The van der Waals surface area contributed by atoms with Gasteiger partial charge in [0.15, 0.2) is 0 Å². The largest absolute Gasteiger partial charge is 0.481 e. The lowest BCUT2D eigenvalue weighted by molar-refractivity contribution is 0.236. The number of nitriles is 1. The molecule has 24 heavy (non-hydrogen) atoms. The van der Waals surface area contributed by atoms with Gasteiger partial charge < -0.3 is 9.14 Å². The fourth-order valence-electron chi connectivity index (χ4n) is 3.35. The quantitative estimate of drug-likeness (QED) is 0.740. The third kappa shape index (κ3) is 2.39. The summed E-state index contributed by atoms with van der Waals surface area (Å²) < 4.78 is 7.38. The van der Waals surface area contributed by atoms with Crippen molar-refractivity contribution in [2.24, 2.45) is 0 Å². The van der Waals surface area contributed by atoms with E-state index in [2.05, 4.69) is 20.9 Å². The zero-order valence-corrected chi connectivity index (χ0v) is 13.4.